The maximum atomic E-state index is 6.33. The molecule has 1 heterocycles. The highest BCUT2D eigenvalue weighted by Crippen LogP contribution is 2.28. The van der Waals surface area contributed by atoms with Crippen LogP contribution < -0.4 is 0 Å². The van der Waals surface area contributed by atoms with Gasteiger partial charge in [0.05, 0.1) is 11.1 Å². The number of rotatable bonds is 4. The number of aryl methyl sites for hydroxylation is 1. The van der Waals surface area contributed by atoms with E-state index in [-0.39, 0.29) is 5.38 Å². The fraction of sp³-hybridized carbons (Fsp3) is 0.357. The first kappa shape index (κ1) is 12.2. The van der Waals surface area contributed by atoms with E-state index in [9.17, 15) is 0 Å². The van der Waals surface area contributed by atoms with Crippen LogP contribution in [0.1, 0.15) is 36.5 Å². The molecule has 0 aliphatic carbocycles. The maximum absolute atomic E-state index is 6.33. The summed E-state index contributed by atoms with van der Waals surface area (Å²) in [5, 5.41) is 0.00807. The van der Waals surface area contributed by atoms with Crippen LogP contribution in [0, 0.1) is 6.92 Å². The average molecular weight is 249 g/mol. The Hall–Kier alpha value is -1.28. The highest BCUT2D eigenvalue weighted by Gasteiger charge is 2.15. The van der Waals surface area contributed by atoms with Crippen molar-refractivity contribution in [2.45, 2.75) is 32.1 Å². The van der Waals surface area contributed by atoms with Gasteiger partial charge in [-0.3, -0.25) is 0 Å². The topological polar surface area (TPSA) is 28.7 Å². The van der Waals surface area contributed by atoms with Crippen molar-refractivity contribution in [1.82, 2.24) is 9.97 Å². The fourth-order valence-electron chi connectivity index (χ4n) is 1.90. The van der Waals surface area contributed by atoms with Crippen LogP contribution in [-0.4, -0.2) is 9.97 Å². The summed E-state index contributed by atoms with van der Waals surface area (Å²) in [5.74, 6) is 0.903. The van der Waals surface area contributed by atoms with Crippen LogP contribution in [0.5, 0.6) is 0 Å². The first-order chi connectivity index (χ1) is 8.22. The first-order valence-corrected chi connectivity index (χ1v) is 6.42. The lowest BCUT2D eigenvalue weighted by atomic mass is 10.2. The number of H-pyrrole nitrogens is 1. The van der Waals surface area contributed by atoms with Crippen LogP contribution in [-0.2, 0) is 0 Å². The van der Waals surface area contributed by atoms with E-state index in [1.165, 1.54) is 0 Å². The Morgan fingerprint density at radius 1 is 1.29 bits per heavy atom. The van der Waals surface area contributed by atoms with Crippen molar-refractivity contribution >= 4 is 11.6 Å². The Labute approximate surface area is 107 Å². The molecule has 0 saturated heterocycles. The molecule has 90 valence electrons. The molecule has 17 heavy (non-hydrogen) atoms. The predicted molar refractivity (Wildman–Crippen MR) is 72.3 cm³/mol. The van der Waals surface area contributed by atoms with E-state index in [2.05, 4.69) is 16.9 Å². The summed E-state index contributed by atoms with van der Waals surface area (Å²) in [6.45, 7) is 4.16. The predicted octanol–water partition coefficient (Wildman–Crippen LogP) is 4.47. The van der Waals surface area contributed by atoms with Crippen LogP contribution in [0.4, 0.5) is 0 Å². The van der Waals surface area contributed by atoms with Gasteiger partial charge in [-0.1, -0.05) is 43.7 Å². The Bertz CT molecular complexity index is 476. The molecular weight excluding hydrogens is 232 g/mol. The molecule has 2 aromatic rings. The molecule has 1 aromatic heterocycles. The minimum Gasteiger partial charge on any atom is -0.342 e. The summed E-state index contributed by atoms with van der Waals surface area (Å²) >= 11 is 6.33. The Balaban J connectivity index is 2.31. The Kier molecular flexibility index (Phi) is 3.85. The molecule has 0 fully saturated rings. The van der Waals surface area contributed by atoms with E-state index in [0.717, 1.165) is 35.6 Å². The molecule has 0 bridgehead atoms. The smallest absolute Gasteiger partial charge is 0.137 e. The second-order valence-electron chi connectivity index (χ2n) is 4.22. The lowest BCUT2D eigenvalue weighted by molar-refractivity contribution is 0.751. The molecule has 1 unspecified atom stereocenters. The van der Waals surface area contributed by atoms with Gasteiger partial charge >= 0.3 is 0 Å². The molecule has 3 heteroatoms. The highest BCUT2D eigenvalue weighted by molar-refractivity contribution is 6.20. The minimum atomic E-state index is 0.00807. The van der Waals surface area contributed by atoms with Crippen molar-refractivity contribution < 1.29 is 0 Å². The Morgan fingerprint density at radius 3 is 2.65 bits per heavy atom. The van der Waals surface area contributed by atoms with E-state index in [1.54, 1.807) is 0 Å². The maximum Gasteiger partial charge on any atom is 0.137 e. The zero-order valence-corrected chi connectivity index (χ0v) is 11.0. The van der Waals surface area contributed by atoms with Crippen molar-refractivity contribution in [2.75, 3.05) is 0 Å². The van der Waals surface area contributed by atoms with Crippen LogP contribution in [0.2, 0.25) is 0 Å². The number of hydrogen-bond donors (Lipinski definition) is 1. The van der Waals surface area contributed by atoms with E-state index in [4.69, 9.17) is 11.6 Å². The van der Waals surface area contributed by atoms with E-state index in [0.29, 0.717) is 0 Å². The number of hydrogen-bond acceptors (Lipinski definition) is 1. The molecule has 2 rings (SSSR count). The van der Waals surface area contributed by atoms with E-state index >= 15 is 0 Å². The van der Waals surface area contributed by atoms with Gasteiger partial charge in [0.25, 0.3) is 0 Å². The van der Waals surface area contributed by atoms with Crippen LogP contribution >= 0.6 is 11.6 Å². The number of nitrogens with one attached hydrogen (secondary N) is 1. The zero-order chi connectivity index (χ0) is 12.3. The number of alkyl halides is 1. The summed E-state index contributed by atoms with van der Waals surface area (Å²) in [6, 6.07) is 10.1. The SMILES string of the molecule is CCCC(Cl)c1nc(-c2ccccc2)[nH]c1C. The van der Waals surface area contributed by atoms with Crippen molar-refractivity contribution in [3.05, 3.63) is 41.7 Å². The molecule has 0 spiro atoms. The summed E-state index contributed by atoms with van der Waals surface area (Å²) < 4.78 is 0. The minimum absolute atomic E-state index is 0.00807. The quantitative estimate of drug-likeness (QED) is 0.795. The van der Waals surface area contributed by atoms with Crippen molar-refractivity contribution in [3.8, 4) is 11.4 Å². The van der Waals surface area contributed by atoms with Crippen molar-refractivity contribution in [3.63, 3.8) is 0 Å². The number of halogens is 1. The normalized spacial score (nSPS) is 12.6. The summed E-state index contributed by atoms with van der Waals surface area (Å²) in [6.07, 6.45) is 2.03. The molecule has 0 aliphatic heterocycles. The number of nitrogens with zero attached hydrogens (tertiary/aromatic N) is 1. The second kappa shape index (κ2) is 5.37. The van der Waals surface area contributed by atoms with E-state index < -0.39 is 0 Å². The molecule has 1 N–H and O–H groups in total. The van der Waals surface area contributed by atoms with Gasteiger partial charge in [-0.15, -0.1) is 11.6 Å². The number of aromatic nitrogens is 2. The molecule has 2 nitrogen and oxygen atoms in total. The van der Waals surface area contributed by atoms with Crippen LogP contribution in [0.3, 0.4) is 0 Å². The fourth-order valence-corrected chi connectivity index (χ4v) is 2.33. The van der Waals surface area contributed by atoms with Gasteiger partial charge in [0.1, 0.15) is 5.82 Å². The largest absolute Gasteiger partial charge is 0.342 e. The van der Waals surface area contributed by atoms with Gasteiger partial charge in [-0.05, 0) is 13.3 Å². The van der Waals surface area contributed by atoms with Gasteiger partial charge in [-0.25, -0.2) is 4.98 Å². The number of imidazole rings is 1. The van der Waals surface area contributed by atoms with Gasteiger partial charge in [-0.2, -0.15) is 0 Å². The number of benzene rings is 1. The lowest BCUT2D eigenvalue weighted by Crippen LogP contribution is -1.92. The van der Waals surface area contributed by atoms with E-state index in [1.807, 2.05) is 37.3 Å². The summed E-state index contributed by atoms with van der Waals surface area (Å²) in [5.41, 5.74) is 3.15. The van der Waals surface area contributed by atoms with Gasteiger partial charge in [0.15, 0.2) is 0 Å². The molecule has 1 atom stereocenters. The van der Waals surface area contributed by atoms with Gasteiger partial charge in [0.2, 0.25) is 0 Å². The van der Waals surface area contributed by atoms with Crippen molar-refractivity contribution in [1.29, 1.82) is 0 Å². The highest BCUT2D eigenvalue weighted by atomic mass is 35.5. The summed E-state index contributed by atoms with van der Waals surface area (Å²) in [4.78, 5) is 7.92. The third kappa shape index (κ3) is 2.70. The van der Waals surface area contributed by atoms with Crippen LogP contribution in [0.25, 0.3) is 11.4 Å². The second-order valence-corrected chi connectivity index (χ2v) is 4.74. The standard InChI is InChI=1S/C14H17ClN2/c1-3-7-12(15)13-10(2)16-14(17-13)11-8-5-4-6-9-11/h4-6,8-9,12H,3,7H2,1-2H3,(H,16,17). The molecule has 0 saturated carbocycles. The molecule has 0 aliphatic rings. The Morgan fingerprint density at radius 2 is 2.00 bits per heavy atom. The average Bonchev–Trinajstić information content (AvgIpc) is 2.73. The zero-order valence-electron chi connectivity index (χ0n) is 10.2. The molecule has 0 radical (unpaired) electrons. The third-order valence-electron chi connectivity index (χ3n) is 2.81. The lowest BCUT2D eigenvalue weighted by Gasteiger charge is -2.04. The molecular formula is C14H17ClN2. The van der Waals surface area contributed by atoms with Crippen molar-refractivity contribution in [2.24, 2.45) is 0 Å². The first-order valence-electron chi connectivity index (χ1n) is 5.98. The monoisotopic (exact) mass is 248 g/mol. The van der Waals surface area contributed by atoms with Crippen LogP contribution in [0.15, 0.2) is 30.3 Å². The van der Waals surface area contributed by atoms with Gasteiger partial charge < -0.3 is 4.98 Å². The summed E-state index contributed by atoms with van der Waals surface area (Å²) in [7, 11) is 0. The number of aromatic amines is 1. The third-order valence-corrected chi connectivity index (χ3v) is 3.23. The molecule has 0 amide bonds. The molecule has 1 aromatic carbocycles. The van der Waals surface area contributed by atoms with Gasteiger partial charge in [0, 0.05) is 11.3 Å².